The van der Waals surface area contributed by atoms with Crippen molar-refractivity contribution in [1.82, 2.24) is 14.8 Å². The number of aryl methyl sites for hydroxylation is 2. The second kappa shape index (κ2) is 17.3. The second-order valence-electron chi connectivity index (χ2n) is 12.8. The lowest BCUT2D eigenvalue weighted by atomic mass is 10.1. The predicted octanol–water partition coefficient (Wildman–Crippen LogP) is 8.98. The smallest absolute Gasteiger partial charge is 0.219 e. The van der Waals surface area contributed by atoms with Crippen LogP contribution in [0, 0.1) is 25.5 Å². The third-order valence-corrected chi connectivity index (χ3v) is 9.07. The summed E-state index contributed by atoms with van der Waals surface area (Å²) in [5, 5.41) is 0.402. The molecule has 0 spiro atoms. The fourth-order valence-electron chi connectivity index (χ4n) is 6.17. The molecule has 2 heterocycles. The molecule has 6 rings (SSSR count). The minimum Gasteiger partial charge on any atom is -0.493 e. The molecule has 5 aromatic rings. The summed E-state index contributed by atoms with van der Waals surface area (Å²) in [4.78, 5) is 20.7. The molecule has 1 aliphatic heterocycles. The highest BCUT2D eigenvalue weighted by atomic mass is 35.5. The van der Waals surface area contributed by atoms with Gasteiger partial charge in [-0.3, -0.25) is 9.69 Å². The maximum absolute atomic E-state index is 13.7. The summed E-state index contributed by atoms with van der Waals surface area (Å²) in [6.45, 7) is 8.49. The Morgan fingerprint density at radius 3 is 2.21 bits per heavy atom. The van der Waals surface area contributed by atoms with Crippen molar-refractivity contribution in [2.45, 2.75) is 33.4 Å². The van der Waals surface area contributed by atoms with Gasteiger partial charge in [0.15, 0.2) is 5.75 Å². The van der Waals surface area contributed by atoms with Crippen LogP contribution in [0.2, 0.25) is 5.02 Å². The van der Waals surface area contributed by atoms with Crippen LogP contribution in [0.25, 0.3) is 5.70 Å². The van der Waals surface area contributed by atoms with Gasteiger partial charge in [0.2, 0.25) is 5.88 Å². The van der Waals surface area contributed by atoms with E-state index in [9.17, 15) is 13.6 Å². The van der Waals surface area contributed by atoms with Crippen molar-refractivity contribution < 1.29 is 27.8 Å². The Balaban J connectivity index is 1.00. The average molecular weight is 724 g/mol. The third-order valence-electron chi connectivity index (χ3n) is 8.79. The van der Waals surface area contributed by atoms with Gasteiger partial charge in [-0.15, -0.1) is 0 Å². The molecule has 10 heteroatoms. The van der Waals surface area contributed by atoms with E-state index in [1.165, 1.54) is 35.4 Å². The summed E-state index contributed by atoms with van der Waals surface area (Å²) in [6.07, 6.45) is 4.71. The van der Waals surface area contributed by atoms with E-state index in [1.54, 1.807) is 36.5 Å². The Morgan fingerprint density at radius 2 is 1.54 bits per heavy atom. The lowest BCUT2D eigenvalue weighted by molar-refractivity contribution is -0.104. The molecule has 4 aromatic carbocycles. The van der Waals surface area contributed by atoms with Gasteiger partial charge in [0, 0.05) is 57.0 Å². The molecule has 7 nitrogen and oxygen atoms in total. The number of carbonyl (C=O) groups excluding carboxylic acids is 1. The zero-order valence-corrected chi connectivity index (χ0v) is 29.9. The summed E-state index contributed by atoms with van der Waals surface area (Å²) in [5.74, 6) is 1.43. The number of allylic oxidation sites excluding steroid dienone is 1. The van der Waals surface area contributed by atoms with Crippen LogP contribution in [0.5, 0.6) is 23.1 Å². The molecule has 52 heavy (non-hydrogen) atoms. The Labute approximate surface area is 308 Å². The molecular weight excluding hydrogens is 684 g/mol. The van der Waals surface area contributed by atoms with Crippen molar-refractivity contribution in [1.29, 1.82) is 0 Å². The van der Waals surface area contributed by atoms with Gasteiger partial charge >= 0.3 is 0 Å². The lowest BCUT2D eigenvalue weighted by Crippen LogP contribution is -2.45. The van der Waals surface area contributed by atoms with Crippen LogP contribution in [-0.4, -0.2) is 53.9 Å². The maximum atomic E-state index is 13.7. The number of benzene rings is 4. The van der Waals surface area contributed by atoms with Gasteiger partial charge in [-0.2, -0.15) is 0 Å². The van der Waals surface area contributed by atoms with E-state index < -0.39 is 0 Å². The fourth-order valence-corrected chi connectivity index (χ4v) is 6.47. The molecule has 0 unspecified atom stereocenters. The zero-order valence-electron chi connectivity index (χ0n) is 29.2. The van der Waals surface area contributed by atoms with Crippen molar-refractivity contribution in [2.24, 2.45) is 0 Å². The van der Waals surface area contributed by atoms with E-state index >= 15 is 0 Å². The minimum atomic E-state index is -0.297. The average Bonchev–Trinajstić information content (AvgIpc) is 3.13. The standard InChI is InChI=1S/C42H40ClF2N3O4/c1-29-21-33(24-36(45)22-29)28-51-38-11-12-41(46-26-38)52-42-30(2)23-34(25-39(42)43)40(13-19-49)48-17-15-47(16-18-48)27-32-5-3-31(4-6-32)14-20-50-37-9-7-35(44)8-10-37/h3-13,19,21-26H,14-18,20,27-28H2,1-2H3/b40-13+. The first-order chi connectivity index (χ1) is 25.2. The molecule has 0 aliphatic carbocycles. The van der Waals surface area contributed by atoms with E-state index in [-0.39, 0.29) is 18.2 Å². The van der Waals surface area contributed by atoms with E-state index in [2.05, 4.69) is 39.0 Å². The minimum absolute atomic E-state index is 0.214. The monoisotopic (exact) mass is 723 g/mol. The van der Waals surface area contributed by atoms with E-state index in [0.717, 1.165) is 73.4 Å². The maximum Gasteiger partial charge on any atom is 0.219 e. The fraction of sp³-hybridized carbons (Fsp3) is 0.238. The number of carbonyl (C=O) groups is 1. The Kier molecular flexibility index (Phi) is 12.2. The normalized spacial score (nSPS) is 13.6. The number of pyridine rings is 1. The number of piperazine rings is 1. The van der Waals surface area contributed by atoms with Crippen LogP contribution in [0.3, 0.4) is 0 Å². The van der Waals surface area contributed by atoms with Gasteiger partial charge in [0.05, 0.1) is 17.8 Å². The quantitative estimate of drug-likeness (QED) is 0.0838. The molecule has 0 bridgehead atoms. The molecule has 1 saturated heterocycles. The van der Waals surface area contributed by atoms with Gasteiger partial charge in [-0.05, 0) is 102 Å². The van der Waals surface area contributed by atoms with Crippen molar-refractivity contribution in [2.75, 3.05) is 32.8 Å². The Bertz CT molecular complexity index is 1950. The number of ether oxygens (including phenoxy) is 3. The van der Waals surface area contributed by atoms with Gasteiger partial charge < -0.3 is 19.1 Å². The summed E-state index contributed by atoms with van der Waals surface area (Å²) >= 11 is 6.76. The van der Waals surface area contributed by atoms with E-state index in [4.69, 9.17) is 25.8 Å². The topological polar surface area (TPSA) is 64.1 Å². The largest absolute Gasteiger partial charge is 0.493 e. The van der Waals surface area contributed by atoms with E-state index in [0.29, 0.717) is 34.8 Å². The summed E-state index contributed by atoms with van der Waals surface area (Å²) < 4.78 is 44.4. The van der Waals surface area contributed by atoms with Crippen molar-refractivity contribution in [3.05, 3.63) is 153 Å². The second-order valence-corrected chi connectivity index (χ2v) is 13.2. The molecule has 0 N–H and O–H groups in total. The molecule has 1 fully saturated rings. The van der Waals surface area contributed by atoms with Crippen LogP contribution in [0.15, 0.2) is 103 Å². The summed E-state index contributed by atoms with van der Waals surface area (Å²) in [5.41, 5.74) is 6.41. The first kappa shape index (κ1) is 36.5. The van der Waals surface area contributed by atoms with Crippen LogP contribution in [0.4, 0.5) is 8.78 Å². The lowest BCUT2D eigenvalue weighted by Gasteiger charge is -2.37. The van der Waals surface area contributed by atoms with Gasteiger partial charge in [0.25, 0.3) is 0 Å². The molecular formula is C42H40ClF2N3O4. The van der Waals surface area contributed by atoms with Crippen LogP contribution in [-0.2, 0) is 24.4 Å². The number of nitrogens with zero attached hydrogens (tertiary/aromatic N) is 3. The SMILES string of the molecule is Cc1cc(F)cc(COc2ccc(Oc3c(C)cc(/C(=C\C=O)N4CCN(Cc5ccc(CCOc6ccc(F)cc6)cc5)CC4)cc3Cl)nc2)c1. The summed E-state index contributed by atoms with van der Waals surface area (Å²) in [6, 6.07) is 26.6. The highest BCUT2D eigenvalue weighted by Gasteiger charge is 2.22. The highest BCUT2D eigenvalue weighted by Crippen LogP contribution is 2.36. The van der Waals surface area contributed by atoms with E-state index in [1.807, 2.05) is 32.0 Å². The molecule has 0 amide bonds. The number of halogens is 3. The number of rotatable bonds is 14. The molecule has 1 aliphatic rings. The first-order valence-corrected chi connectivity index (χ1v) is 17.5. The number of hydrogen-bond donors (Lipinski definition) is 0. The zero-order chi connectivity index (χ0) is 36.5. The van der Waals surface area contributed by atoms with Crippen molar-refractivity contribution >= 4 is 23.6 Å². The predicted molar refractivity (Wildman–Crippen MR) is 199 cm³/mol. The first-order valence-electron chi connectivity index (χ1n) is 17.1. The Morgan fingerprint density at radius 1 is 0.808 bits per heavy atom. The van der Waals surface area contributed by atoms with Gasteiger partial charge in [-0.1, -0.05) is 41.9 Å². The van der Waals surface area contributed by atoms with Crippen LogP contribution < -0.4 is 14.2 Å². The van der Waals surface area contributed by atoms with Crippen LogP contribution in [0.1, 0.15) is 33.4 Å². The molecule has 0 atom stereocenters. The molecule has 0 saturated carbocycles. The number of aromatic nitrogens is 1. The molecule has 0 radical (unpaired) electrons. The Hall–Kier alpha value is -5.25. The highest BCUT2D eigenvalue weighted by molar-refractivity contribution is 6.32. The number of hydrogen-bond acceptors (Lipinski definition) is 7. The van der Waals surface area contributed by atoms with Crippen molar-refractivity contribution in [3.8, 4) is 23.1 Å². The molecule has 268 valence electrons. The van der Waals surface area contributed by atoms with Crippen molar-refractivity contribution in [3.63, 3.8) is 0 Å². The van der Waals surface area contributed by atoms with Gasteiger partial charge in [-0.25, -0.2) is 13.8 Å². The number of aldehydes is 1. The van der Waals surface area contributed by atoms with Crippen LogP contribution >= 0.6 is 11.6 Å². The third kappa shape index (κ3) is 9.96. The summed E-state index contributed by atoms with van der Waals surface area (Å²) in [7, 11) is 0. The van der Waals surface area contributed by atoms with Gasteiger partial charge in [0.1, 0.15) is 36.0 Å². The molecule has 1 aromatic heterocycles.